The maximum absolute atomic E-state index is 12.3. The van der Waals surface area contributed by atoms with Crippen LogP contribution >= 0.6 is 11.6 Å². The van der Waals surface area contributed by atoms with Gasteiger partial charge in [0.25, 0.3) is 0 Å². The van der Waals surface area contributed by atoms with Gasteiger partial charge in [-0.2, -0.15) is 4.98 Å². The lowest BCUT2D eigenvalue weighted by Gasteiger charge is -2.22. The molecule has 26 heavy (non-hydrogen) atoms. The molecule has 1 aliphatic heterocycles. The number of piperidine rings is 1. The van der Waals surface area contributed by atoms with Crippen LogP contribution in [0.1, 0.15) is 18.4 Å². The van der Waals surface area contributed by atoms with Crippen molar-refractivity contribution in [2.24, 2.45) is 5.92 Å². The molecule has 1 fully saturated rings. The van der Waals surface area contributed by atoms with E-state index in [0.717, 1.165) is 38.0 Å². The van der Waals surface area contributed by atoms with Crippen molar-refractivity contribution < 1.29 is 0 Å². The van der Waals surface area contributed by atoms with Gasteiger partial charge in [-0.3, -0.25) is 4.57 Å². The summed E-state index contributed by atoms with van der Waals surface area (Å²) in [5, 5.41) is 7.31. The number of hydrogen-bond donors (Lipinski definition) is 3. The van der Waals surface area contributed by atoms with Gasteiger partial charge in [0.05, 0.1) is 12.7 Å². The summed E-state index contributed by atoms with van der Waals surface area (Å²) in [6.07, 6.45) is 3.95. The summed E-state index contributed by atoms with van der Waals surface area (Å²) >= 11 is 6.24. The van der Waals surface area contributed by atoms with E-state index in [0.29, 0.717) is 34.6 Å². The first-order valence-corrected chi connectivity index (χ1v) is 9.22. The molecule has 136 valence electrons. The molecule has 0 aliphatic carbocycles. The van der Waals surface area contributed by atoms with E-state index in [4.69, 9.17) is 11.6 Å². The monoisotopic (exact) mass is 372 g/mol. The smallest absolute Gasteiger partial charge is 0.328 e. The zero-order valence-corrected chi connectivity index (χ0v) is 15.1. The van der Waals surface area contributed by atoms with Crippen LogP contribution in [-0.4, -0.2) is 39.2 Å². The number of rotatable bonds is 5. The van der Waals surface area contributed by atoms with Crippen LogP contribution in [0.2, 0.25) is 5.02 Å². The minimum Gasteiger partial charge on any atom is -0.354 e. The van der Waals surface area contributed by atoms with Gasteiger partial charge in [-0.25, -0.2) is 9.78 Å². The normalized spacial score (nSPS) is 15.4. The lowest BCUT2D eigenvalue weighted by atomic mass is 9.98. The van der Waals surface area contributed by atoms with Crippen molar-refractivity contribution in [3.05, 3.63) is 51.5 Å². The molecule has 0 atom stereocenters. The van der Waals surface area contributed by atoms with Gasteiger partial charge in [-0.1, -0.05) is 29.8 Å². The van der Waals surface area contributed by atoms with Crippen molar-refractivity contribution in [3.8, 4) is 0 Å². The van der Waals surface area contributed by atoms with Crippen molar-refractivity contribution in [1.82, 2.24) is 24.8 Å². The number of imidazole rings is 1. The number of aromatic nitrogens is 4. The molecule has 0 bridgehead atoms. The van der Waals surface area contributed by atoms with Gasteiger partial charge in [-0.05, 0) is 43.5 Å². The summed E-state index contributed by atoms with van der Waals surface area (Å²) in [5.41, 5.74) is 1.86. The lowest BCUT2D eigenvalue weighted by molar-refractivity contribution is 0.389. The summed E-state index contributed by atoms with van der Waals surface area (Å²) in [6, 6.07) is 7.50. The molecule has 4 rings (SSSR count). The Morgan fingerprint density at radius 1 is 1.27 bits per heavy atom. The Hall–Kier alpha value is -2.38. The summed E-state index contributed by atoms with van der Waals surface area (Å²) in [5.74, 6) is 1.16. The molecule has 0 unspecified atom stereocenters. The molecule has 0 amide bonds. The number of halogens is 1. The summed E-state index contributed by atoms with van der Waals surface area (Å²) in [6.45, 7) is 3.32. The highest BCUT2D eigenvalue weighted by Crippen LogP contribution is 2.18. The van der Waals surface area contributed by atoms with Crippen molar-refractivity contribution >= 4 is 28.7 Å². The number of aromatic amines is 1. The van der Waals surface area contributed by atoms with Crippen molar-refractivity contribution in [2.45, 2.75) is 19.4 Å². The predicted molar refractivity (Wildman–Crippen MR) is 103 cm³/mol. The van der Waals surface area contributed by atoms with Crippen LogP contribution < -0.4 is 16.3 Å². The van der Waals surface area contributed by atoms with Gasteiger partial charge in [0.2, 0.25) is 5.95 Å². The molecule has 3 heterocycles. The highest BCUT2D eigenvalue weighted by Gasteiger charge is 2.15. The number of nitrogens with one attached hydrogen (secondary N) is 3. The quantitative estimate of drug-likeness (QED) is 0.639. The first-order chi connectivity index (χ1) is 12.7. The van der Waals surface area contributed by atoms with Crippen LogP contribution in [0.3, 0.4) is 0 Å². The second kappa shape index (κ2) is 7.47. The van der Waals surface area contributed by atoms with Crippen LogP contribution in [0, 0.1) is 5.92 Å². The highest BCUT2D eigenvalue weighted by atomic mass is 35.5. The van der Waals surface area contributed by atoms with Gasteiger partial charge >= 0.3 is 5.69 Å². The Morgan fingerprint density at radius 2 is 2.08 bits per heavy atom. The standard InChI is InChI=1S/C18H21ClN6O/c19-14-4-2-1-3-13(14)11-25-16-15(23-18(25)26)10-22-17(24-16)21-9-12-5-7-20-8-6-12/h1-4,10,12,20H,5-9,11H2,(H,23,26)(H,21,22,24). The Bertz CT molecular complexity index is 960. The molecule has 0 spiro atoms. The van der Waals surface area contributed by atoms with Crippen LogP contribution in [0.5, 0.6) is 0 Å². The van der Waals surface area contributed by atoms with Gasteiger partial charge < -0.3 is 15.6 Å². The molecule has 2 aromatic heterocycles. The first kappa shape index (κ1) is 17.1. The van der Waals surface area contributed by atoms with Crippen LogP contribution in [0.25, 0.3) is 11.2 Å². The lowest BCUT2D eigenvalue weighted by Crippen LogP contribution is -2.31. The molecule has 3 aromatic rings. The SMILES string of the molecule is O=c1[nH]c2cnc(NCC3CCNCC3)nc2n1Cc1ccccc1Cl. The summed E-state index contributed by atoms with van der Waals surface area (Å²) in [7, 11) is 0. The number of hydrogen-bond acceptors (Lipinski definition) is 5. The minimum absolute atomic E-state index is 0.218. The topological polar surface area (TPSA) is 87.6 Å². The number of nitrogens with zero attached hydrogens (tertiary/aromatic N) is 3. The van der Waals surface area contributed by atoms with E-state index < -0.39 is 0 Å². The number of H-pyrrole nitrogens is 1. The van der Waals surface area contributed by atoms with Crippen molar-refractivity contribution in [3.63, 3.8) is 0 Å². The van der Waals surface area contributed by atoms with E-state index in [1.54, 1.807) is 10.8 Å². The van der Waals surface area contributed by atoms with Gasteiger partial charge in [0, 0.05) is 11.6 Å². The zero-order chi connectivity index (χ0) is 17.9. The van der Waals surface area contributed by atoms with Crippen LogP contribution in [0.15, 0.2) is 35.3 Å². The first-order valence-electron chi connectivity index (χ1n) is 8.84. The summed E-state index contributed by atoms with van der Waals surface area (Å²) in [4.78, 5) is 24.0. The Morgan fingerprint density at radius 3 is 2.88 bits per heavy atom. The molecule has 0 saturated carbocycles. The third-order valence-corrected chi connectivity index (χ3v) is 5.17. The van der Waals surface area contributed by atoms with Crippen molar-refractivity contribution in [1.29, 1.82) is 0 Å². The Kier molecular flexibility index (Phi) is 4.90. The van der Waals surface area contributed by atoms with Crippen LogP contribution in [-0.2, 0) is 6.54 Å². The van der Waals surface area contributed by atoms with Crippen molar-refractivity contribution in [2.75, 3.05) is 25.0 Å². The predicted octanol–water partition coefficient (Wildman–Crippen LogP) is 2.23. The molecule has 1 saturated heterocycles. The average Bonchev–Trinajstić information content (AvgIpc) is 2.97. The number of fused-ring (bicyclic) bond motifs is 1. The molecule has 1 aromatic carbocycles. The van der Waals surface area contributed by atoms with Gasteiger partial charge in [0.1, 0.15) is 5.52 Å². The molecule has 3 N–H and O–H groups in total. The Balaban J connectivity index is 1.58. The fourth-order valence-electron chi connectivity index (χ4n) is 3.30. The minimum atomic E-state index is -0.218. The Labute approximate surface area is 155 Å². The molecule has 8 heteroatoms. The largest absolute Gasteiger partial charge is 0.354 e. The number of anilines is 1. The fraction of sp³-hybridized carbons (Fsp3) is 0.389. The van der Waals surface area contributed by atoms with Gasteiger partial charge in [-0.15, -0.1) is 0 Å². The molecular weight excluding hydrogens is 352 g/mol. The second-order valence-electron chi connectivity index (χ2n) is 6.61. The third-order valence-electron chi connectivity index (χ3n) is 4.80. The highest BCUT2D eigenvalue weighted by molar-refractivity contribution is 6.31. The van der Waals surface area contributed by atoms with E-state index in [-0.39, 0.29) is 5.69 Å². The fourth-order valence-corrected chi connectivity index (χ4v) is 3.49. The van der Waals surface area contributed by atoms with E-state index >= 15 is 0 Å². The van der Waals surface area contributed by atoms with E-state index in [1.807, 2.05) is 24.3 Å². The maximum atomic E-state index is 12.3. The van der Waals surface area contributed by atoms with E-state index in [1.165, 1.54) is 0 Å². The zero-order valence-electron chi connectivity index (χ0n) is 14.3. The van der Waals surface area contributed by atoms with Crippen LogP contribution in [0.4, 0.5) is 5.95 Å². The average molecular weight is 373 g/mol. The molecule has 1 aliphatic rings. The van der Waals surface area contributed by atoms with Gasteiger partial charge in [0.15, 0.2) is 5.65 Å². The van der Waals surface area contributed by atoms with E-state index in [2.05, 4.69) is 25.6 Å². The second-order valence-corrected chi connectivity index (χ2v) is 7.02. The molecular formula is C18H21ClN6O. The third kappa shape index (κ3) is 3.59. The van der Waals surface area contributed by atoms with E-state index in [9.17, 15) is 4.79 Å². The molecule has 7 nitrogen and oxygen atoms in total. The molecule has 0 radical (unpaired) electrons. The maximum Gasteiger partial charge on any atom is 0.328 e. The summed E-state index contributed by atoms with van der Waals surface area (Å²) < 4.78 is 1.59. The number of benzene rings is 1.